The Morgan fingerprint density at radius 1 is 0.681 bits per heavy atom. The van der Waals surface area contributed by atoms with Gasteiger partial charge in [-0.25, -0.2) is 14.2 Å². The molecular formula is C71H86FN9O10. The van der Waals surface area contributed by atoms with Gasteiger partial charge in [-0.1, -0.05) is 69.7 Å². The lowest BCUT2D eigenvalue weighted by Gasteiger charge is -2.34. The van der Waals surface area contributed by atoms with Gasteiger partial charge in [0, 0.05) is 104 Å². The van der Waals surface area contributed by atoms with E-state index in [0.717, 1.165) is 144 Å². The predicted molar refractivity (Wildman–Crippen MR) is 350 cm³/mol. The lowest BCUT2D eigenvalue weighted by molar-refractivity contribution is -0.139. The van der Waals surface area contributed by atoms with Crippen molar-refractivity contribution in [3.8, 4) is 44.9 Å². The molecule has 0 bridgehead atoms. The molecule has 482 valence electrons. The average molecular weight is 1240 g/mol. The van der Waals surface area contributed by atoms with Gasteiger partial charge in [-0.05, 0) is 162 Å². The van der Waals surface area contributed by atoms with Gasteiger partial charge in [0.15, 0.2) is 6.17 Å². The van der Waals surface area contributed by atoms with Gasteiger partial charge in [0.05, 0.1) is 19.8 Å². The molecule has 0 spiro atoms. The van der Waals surface area contributed by atoms with E-state index in [-0.39, 0.29) is 60.1 Å². The Labute approximate surface area is 531 Å². The first-order valence-corrected chi connectivity index (χ1v) is 32.0. The lowest BCUT2D eigenvalue weighted by Crippen LogP contribution is -2.50. The van der Waals surface area contributed by atoms with E-state index in [2.05, 4.69) is 47.8 Å². The maximum Gasteiger partial charge on any atom is 0.326 e. The molecule has 3 saturated heterocycles. The summed E-state index contributed by atoms with van der Waals surface area (Å²) in [6, 6.07) is 36.4. The SMILES string of the molecule is CC1(C)C[C@@H]1C(=O)Nc1cccc(-c2ccc(O[C@H]3CCN(C(=O)CO)C[C@H]3F)c(CN)c2)c1.CC[C@@H]1C[C@H]1C(=O)Nc1cc(-c2ccc(OC3CCOCC3)c(CN)c2)ccn1.NCc1cc(-c2cccc(NC(=O)C3CC3)c2)ccc1N1CCC[C@H]1C(=O)O. The number of likely N-dealkylation sites (tertiary alicyclic amines) is 1. The summed E-state index contributed by atoms with van der Waals surface area (Å²) in [5, 5.41) is 27.4. The van der Waals surface area contributed by atoms with E-state index < -0.39 is 36.8 Å². The molecule has 3 saturated carbocycles. The standard InChI is InChI=1S/C26H32FN3O4.C23H29N3O3.C22H25N3O3/c1-26(2)12-20(26)25(33)29-19-5-3-4-16(11-19)17-6-7-22(18(10-17)13-28)34-23-8-9-30(14-21(23)27)24(32)15-31;1-2-15-12-20(15)23(27)26-22-13-17(5-8-25-22)16-3-4-21(18(11-16)14-24)29-19-6-9-28-10-7-19;23-13-17-11-16(8-9-19(17)25-10-2-5-20(25)22(27)28)15-3-1-4-18(12-15)24-21(26)14-6-7-14/h3-7,10-11,20-21,23,31H,8-9,12-15,28H2,1-2H3,(H,29,33);3-5,8,11,13,15,19-20H,2,6-7,9-10,12,14,24H2,1H3,(H,25,26,27);1,3-4,8-9,11-12,14,20H,2,5-7,10,13,23H2,(H,24,26)(H,27,28)/t20-,21-,23+;15-,20-;20-/m110/s1. The summed E-state index contributed by atoms with van der Waals surface area (Å²) in [6.45, 7) is 9.09. The van der Waals surface area contributed by atoms with Gasteiger partial charge >= 0.3 is 5.97 Å². The molecule has 4 heterocycles. The number of nitrogens with zero attached hydrogens (tertiary/aromatic N) is 3. The summed E-state index contributed by atoms with van der Waals surface area (Å²) in [5.41, 5.74) is 28.9. The molecule has 4 amide bonds. The summed E-state index contributed by atoms with van der Waals surface area (Å²) in [7, 11) is 0. The first-order valence-electron chi connectivity index (χ1n) is 32.0. The summed E-state index contributed by atoms with van der Waals surface area (Å²) in [5.74, 6) is 1.74. The molecule has 11 N–H and O–H groups in total. The molecule has 91 heavy (non-hydrogen) atoms. The highest BCUT2D eigenvalue weighted by Crippen LogP contribution is 2.52. The largest absolute Gasteiger partial charge is 0.490 e. The van der Waals surface area contributed by atoms with E-state index >= 15 is 0 Å². The minimum atomic E-state index is -1.36. The van der Waals surface area contributed by atoms with Crippen molar-refractivity contribution in [2.24, 2.45) is 46.3 Å². The summed E-state index contributed by atoms with van der Waals surface area (Å²) < 4.78 is 32.2. The molecule has 3 aliphatic heterocycles. The number of aliphatic hydroxyl groups excluding tert-OH is 1. The zero-order chi connectivity index (χ0) is 64.3. The fourth-order valence-electron chi connectivity index (χ4n) is 12.3. The molecule has 5 aromatic carbocycles. The van der Waals surface area contributed by atoms with Crippen molar-refractivity contribution < 1.29 is 52.8 Å². The predicted octanol–water partition coefficient (Wildman–Crippen LogP) is 10.1. The van der Waals surface area contributed by atoms with Crippen molar-refractivity contribution in [3.63, 3.8) is 0 Å². The van der Waals surface area contributed by atoms with E-state index in [0.29, 0.717) is 50.0 Å². The van der Waals surface area contributed by atoms with Gasteiger partial charge in [-0.15, -0.1) is 0 Å². The van der Waals surface area contributed by atoms with Gasteiger partial charge < -0.3 is 67.4 Å². The molecular weight excluding hydrogens is 1160 g/mol. The number of pyridine rings is 1. The third-order valence-electron chi connectivity index (χ3n) is 18.3. The third-order valence-corrected chi connectivity index (χ3v) is 18.3. The summed E-state index contributed by atoms with van der Waals surface area (Å²) in [4.78, 5) is 67.6. The normalized spacial score (nSPS) is 21.4. The molecule has 12 rings (SSSR count). The fourth-order valence-corrected chi connectivity index (χ4v) is 12.3. The molecule has 6 atom stereocenters. The number of rotatable bonds is 20. The van der Waals surface area contributed by atoms with Crippen LogP contribution in [0.4, 0.5) is 27.3 Å². The van der Waals surface area contributed by atoms with Gasteiger partial charge in [-0.2, -0.15) is 0 Å². The zero-order valence-corrected chi connectivity index (χ0v) is 52.2. The summed E-state index contributed by atoms with van der Waals surface area (Å²) >= 11 is 0. The minimum absolute atomic E-state index is 0.0426. The van der Waals surface area contributed by atoms with Crippen molar-refractivity contribution in [3.05, 3.63) is 138 Å². The Kier molecular flexibility index (Phi) is 21.5. The lowest BCUT2D eigenvalue weighted by atomic mass is 10.0. The topological polar surface area (TPSA) is 287 Å². The number of aliphatic carboxylic acids is 1. The third kappa shape index (κ3) is 16.8. The van der Waals surface area contributed by atoms with Crippen LogP contribution in [0.15, 0.2) is 121 Å². The highest BCUT2D eigenvalue weighted by atomic mass is 19.1. The number of piperidine rings is 1. The van der Waals surface area contributed by atoms with Crippen molar-refractivity contribution in [1.82, 2.24) is 9.88 Å². The van der Waals surface area contributed by atoms with Crippen LogP contribution in [0.1, 0.15) is 102 Å². The van der Waals surface area contributed by atoms with Crippen molar-refractivity contribution in [2.75, 3.05) is 60.3 Å². The number of alkyl halides is 1. The van der Waals surface area contributed by atoms with Crippen LogP contribution in [0.25, 0.3) is 33.4 Å². The van der Waals surface area contributed by atoms with Crippen LogP contribution >= 0.6 is 0 Å². The van der Waals surface area contributed by atoms with Crippen molar-refractivity contribution in [1.29, 1.82) is 0 Å². The number of carbonyl (C=O) groups excluding carboxylic acids is 4. The van der Waals surface area contributed by atoms with Crippen LogP contribution in [0.3, 0.4) is 0 Å². The van der Waals surface area contributed by atoms with Gasteiger partial charge in [0.1, 0.15) is 42.2 Å². The van der Waals surface area contributed by atoms with Crippen LogP contribution in [0.2, 0.25) is 0 Å². The second-order valence-corrected chi connectivity index (χ2v) is 25.3. The highest BCUT2D eigenvalue weighted by molar-refractivity contribution is 5.96. The van der Waals surface area contributed by atoms with Crippen molar-refractivity contribution >= 4 is 52.5 Å². The fraction of sp³-hybridized carbons (Fsp3) is 0.437. The van der Waals surface area contributed by atoms with Gasteiger partial charge in [-0.3, -0.25) is 19.2 Å². The van der Waals surface area contributed by atoms with E-state index in [9.17, 15) is 33.5 Å². The number of hydrogen-bond acceptors (Lipinski definition) is 14. The maximum absolute atomic E-state index is 14.7. The number of benzene rings is 5. The Bertz CT molecular complexity index is 3580. The smallest absolute Gasteiger partial charge is 0.326 e. The zero-order valence-electron chi connectivity index (χ0n) is 52.2. The maximum atomic E-state index is 14.7. The van der Waals surface area contributed by atoms with Crippen LogP contribution in [0.5, 0.6) is 11.5 Å². The van der Waals surface area contributed by atoms with E-state index in [1.165, 1.54) is 4.90 Å². The molecule has 0 unspecified atom stereocenters. The second kappa shape index (κ2) is 29.8. The molecule has 0 radical (unpaired) electrons. The van der Waals surface area contributed by atoms with Crippen LogP contribution in [0, 0.1) is 29.1 Å². The molecule has 20 heteroatoms. The van der Waals surface area contributed by atoms with E-state index in [1.807, 2.05) is 108 Å². The molecule has 19 nitrogen and oxygen atoms in total. The van der Waals surface area contributed by atoms with E-state index in [4.69, 9.17) is 36.5 Å². The van der Waals surface area contributed by atoms with Crippen LogP contribution in [-0.2, 0) is 48.3 Å². The number of nitrogens with two attached hydrogens (primary N) is 3. The average Bonchev–Trinajstić information content (AvgIpc) is 1.78. The number of aromatic nitrogens is 1. The first-order chi connectivity index (χ1) is 43.9. The number of aliphatic hydroxyl groups is 1. The van der Waals surface area contributed by atoms with E-state index in [1.54, 1.807) is 12.3 Å². The number of carbonyl (C=O) groups is 5. The second-order valence-electron chi connectivity index (χ2n) is 25.3. The molecule has 6 aliphatic rings. The van der Waals surface area contributed by atoms with Crippen LogP contribution < -0.4 is 47.5 Å². The number of nitrogens with one attached hydrogen (secondary N) is 3. The number of ether oxygens (including phenoxy) is 3. The minimum Gasteiger partial charge on any atom is -0.490 e. The number of halogens is 1. The first kappa shape index (κ1) is 65.7. The number of anilines is 4. The van der Waals surface area contributed by atoms with Crippen molar-refractivity contribution in [2.45, 2.75) is 129 Å². The van der Waals surface area contributed by atoms with Gasteiger partial charge in [0.25, 0.3) is 0 Å². The quantitative estimate of drug-likeness (QED) is 0.0353. The molecule has 1 aromatic heterocycles. The molecule has 3 aliphatic carbocycles. The highest BCUT2D eigenvalue weighted by Gasteiger charge is 2.50. The Morgan fingerprint density at radius 3 is 1.82 bits per heavy atom. The summed E-state index contributed by atoms with van der Waals surface area (Å²) in [6.07, 6.45) is 8.39. The Balaban J connectivity index is 0.000000151. The molecule has 6 fully saturated rings. The molecule has 6 aromatic rings. The number of hydrogen-bond donors (Lipinski definition) is 8. The number of amides is 4. The Morgan fingerprint density at radius 2 is 1.26 bits per heavy atom. The van der Waals surface area contributed by atoms with Gasteiger partial charge in [0.2, 0.25) is 23.6 Å². The van der Waals surface area contributed by atoms with Crippen LogP contribution in [-0.4, -0.2) is 114 Å². The number of carboxylic acid groups (broad SMARTS) is 1. The monoisotopic (exact) mass is 1240 g/mol. The Hall–Kier alpha value is -8.27. The number of carboxylic acids is 1.